The van der Waals surface area contributed by atoms with Gasteiger partial charge in [-0.2, -0.15) is 0 Å². The molecule has 0 saturated carbocycles. The monoisotopic (exact) mass is 237 g/mol. The van der Waals surface area contributed by atoms with Crippen molar-refractivity contribution in [2.75, 3.05) is 0 Å². The average molecular weight is 237 g/mol. The second kappa shape index (κ2) is 5.86. The first-order valence-electron chi connectivity index (χ1n) is 5.15. The van der Waals surface area contributed by atoms with E-state index in [-0.39, 0.29) is 0 Å². The summed E-state index contributed by atoms with van der Waals surface area (Å²) in [6, 6.07) is 6.22. The van der Waals surface area contributed by atoms with Gasteiger partial charge in [-0.3, -0.25) is 15.0 Å². The third kappa shape index (κ3) is 3.46. The molecule has 1 atom stereocenters. The molecule has 6 nitrogen and oxygen atoms in total. The molecule has 1 rings (SSSR count). The van der Waals surface area contributed by atoms with Crippen LogP contribution in [0.5, 0.6) is 5.75 Å². The van der Waals surface area contributed by atoms with E-state index in [1.165, 1.54) is 12.1 Å². The van der Waals surface area contributed by atoms with Crippen molar-refractivity contribution in [3.8, 4) is 5.75 Å². The predicted molar refractivity (Wildman–Crippen MR) is 62.0 cm³/mol. The van der Waals surface area contributed by atoms with Crippen LogP contribution in [0.2, 0.25) is 0 Å². The van der Waals surface area contributed by atoms with Gasteiger partial charge in [-0.1, -0.05) is 6.92 Å². The Hall–Kier alpha value is -2.08. The smallest absolute Gasteiger partial charge is 0.274 e. The predicted octanol–water partition coefficient (Wildman–Crippen LogP) is -0.0672. The second-order valence-electron chi connectivity index (χ2n) is 3.41. The van der Waals surface area contributed by atoms with Crippen LogP contribution in [0.4, 0.5) is 0 Å². The summed E-state index contributed by atoms with van der Waals surface area (Å²) in [5, 5.41) is 0. The summed E-state index contributed by atoms with van der Waals surface area (Å²) in [5.74, 6) is 4.59. The van der Waals surface area contributed by atoms with Gasteiger partial charge >= 0.3 is 0 Å². The van der Waals surface area contributed by atoms with E-state index in [4.69, 9.17) is 16.3 Å². The van der Waals surface area contributed by atoms with Gasteiger partial charge in [0.2, 0.25) is 5.91 Å². The number of nitrogens with one attached hydrogen (secondary N) is 1. The van der Waals surface area contributed by atoms with E-state index >= 15 is 0 Å². The van der Waals surface area contributed by atoms with Gasteiger partial charge in [0.05, 0.1) is 0 Å². The highest BCUT2D eigenvalue weighted by Crippen LogP contribution is 2.14. The van der Waals surface area contributed by atoms with Crippen molar-refractivity contribution >= 4 is 11.8 Å². The minimum Gasteiger partial charge on any atom is -0.481 e. The first-order valence-corrected chi connectivity index (χ1v) is 5.15. The van der Waals surface area contributed by atoms with Crippen molar-refractivity contribution in [3.05, 3.63) is 29.8 Å². The maximum Gasteiger partial charge on any atom is 0.274 e. The lowest BCUT2D eigenvalue weighted by Crippen LogP contribution is -2.41. The van der Waals surface area contributed by atoms with Gasteiger partial charge in [-0.05, 0) is 30.7 Å². The Morgan fingerprint density at radius 3 is 2.35 bits per heavy atom. The van der Waals surface area contributed by atoms with Crippen molar-refractivity contribution in [1.29, 1.82) is 0 Å². The lowest BCUT2D eigenvalue weighted by atomic mass is 10.2. The molecule has 1 aromatic carbocycles. The maximum atomic E-state index is 11.3. The second-order valence-corrected chi connectivity index (χ2v) is 3.41. The highest BCUT2D eigenvalue weighted by molar-refractivity contribution is 5.92. The van der Waals surface area contributed by atoms with Crippen LogP contribution >= 0.6 is 0 Å². The Morgan fingerprint density at radius 1 is 1.35 bits per heavy atom. The van der Waals surface area contributed by atoms with Crippen molar-refractivity contribution in [2.24, 2.45) is 11.6 Å². The molecule has 2 amide bonds. The number of carbonyl (C=O) groups excluding carboxylic acids is 2. The highest BCUT2D eigenvalue weighted by atomic mass is 16.5. The minimum atomic E-state index is -0.653. The molecule has 0 fully saturated rings. The van der Waals surface area contributed by atoms with E-state index in [1.54, 1.807) is 19.1 Å². The summed E-state index contributed by atoms with van der Waals surface area (Å²) >= 11 is 0. The molecule has 0 aliphatic heterocycles. The lowest BCUT2D eigenvalue weighted by molar-refractivity contribution is -0.128. The average Bonchev–Trinajstić information content (AvgIpc) is 2.35. The molecule has 0 saturated heterocycles. The summed E-state index contributed by atoms with van der Waals surface area (Å²) < 4.78 is 5.41. The zero-order chi connectivity index (χ0) is 12.8. The SMILES string of the molecule is CCC(Oc1ccc(C(N)=O)cc1)C(=O)NN. The standard InChI is InChI=1S/C11H15N3O3/c1-2-9(11(16)14-13)17-8-5-3-7(4-6-8)10(12)15/h3-6,9H,2,13H2,1H3,(H2,12,15)(H,14,16). The number of hydrogen-bond acceptors (Lipinski definition) is 4. The van der Waals surface area contributed by atoms with Crippen molar-refractivity contribution < 1.29 is 14.3 Å². The summed E-state index contributed by atoms with van der Waals surface area (Å²) in [6.07, 6.45) is -0.167. The van der Waals surface area contributed by atoms with E-state index < -0.39 is 17.9 Å². The molecule has 17 heavy (non-hydrogen) atoms. The van der Waals surface area contributed by atoms with E-state index in [9.17, 15) is 9.59 Å². The maximum absolute atomic E-state index is 11.3. The van der Waals surface area contributed by atoms with E-state index in [0.29, 0.717) is 17.7 Å². The number of hydrazine groups is 1. The molecule has 5 N–H and O–H groups in total. The van der Waals surface area contributed by atoms with Crippen molar-refractivity contribution in [2.45, 2.75) is 19.4 Å². The first-order chi connectivity index (χ1) is 8.08. The Bertz CT molecular complexity index is 403. The topological polar surface area (TPSA) is 107 Å². The van der Waals surface area contributed by atoms with Crippen LogP contribution in [0.1, 0.15) is 23.7 Å². The zero-order valence-electron chi connectivity index (χ0n) is 9.47. The normalized spacial score (nSPS) is 11.6. The van der Waals surface area contributed by atoms with Crippen LogP contribution in [0.3, 0.4) is 0 Å². The number of primary amides is 1. The van der Waals surface area contributed by atoms with E-state index in [1.807, 2.05) is 5.43 Å². The van der Waals surface area contributed by atoms with Crippen LogP contribution in [0, 0.1) is 0 Å². The fourth-order valence-corrected chi connectivity index (χ4v) is 1.28. The molecule has 1 aromatic rings. The summed E-state index contributed by atoms with van der Waals surface area (Å²) in [7, 11) is 0. The highest BCUT2D eigenvalue weighted by Gasteiger charge is 2.16. The fourth-order valence-electron chi connectivity index (χ4n) is 1.28. The molecule has 0 bridgehead atoms. The molecule has 6 heteroatoms. The third-order valence-electron chi connectivity index (χ3n) is 2.22. The molecule has 1 unspecified atom stereocenters. The molecule has 0 heterocycles. The minimum absolute atomic E-state index is 0.383. The molecular weight excluding hydrogens is 222 g/mol. The Kier molecular flexibility index (Phi) is 4.47. The summed E-state index contributed by atoms with van der Waals surface area (Å²) in [5.41, 5.74) is 7.51. The summed E-state index contributed by atoms with van der Waals surface area (Å²) in [4.78, 5) is 22.1. The molecule has 0 spiro atoms. The van der Waals surface area contributed by atoms with Crippen LogP contribution in [0.25, 0.3) is 0 Å². The fraction of sp³-hybridized carbons (Fsp3) is 0.273. The Balaban J connectivity index is 2.74. The van der Waals surface area contributed by atoms with Crippen LogP contribution < -0.4 is 21.7 Å². The number of hydrogen-bond donors (Lipinski definition) is 3. The molecule has 0 aliphatic rings. The van der Waals surface area contributed by atoms with Gasteiger partial charge in [0, 0.05) is 5.56 Å². The number of rotatable bonds is 5. The van der Waals surface area contributed by atoms with Crippen molar-refractivity contribution in [1.82, 2.24) is 5.43 Å². The molecule has 0 aliphatic carbocycles. The quantitative estimate of drug-likeness (QED) is 0.378. The largest absolute Gasteiger partial charge is 0.481 e. The van der Waals surface area contributed by atoms with E-state index in [0.717, 1.165) is 0 Å². The zero-order valence-corrected chi connectivity index (χ0v) is 9.47. The number of amides is 2. The van der Waals surface area contributed by atoms with Gasteiger partial charge in [0.15, 0.2) is 6.10 Å². The van der Waals surface area contributed by atoms with E-state index in [2.05, 4.69) is 0 Å². The molecule has 0 radical (unpaired) electrons. The van der Waals surface area contributed by atoms with Gasteiger partial charge in [-0.25, -0.2) is 5.84 Å². The number of ether oxygens (including phenoxy) is 1. The molecular formula is C11H15N3O3. The lowest BCUT2D eigenvalue weighted by Gasteiger charge is -2.15. The van der Waals surface area contributed by atoms with Crippen LogP contribution in [0.15, 0.2) is 24.3 Å². The number of nitrogens with two attached hydrogens (primary N) is 2. The molecule has 0 aromatic heterocycles. The van der Waals surface area contributed by atoms with Gasteiger partial charge < -0.3 is 10.5 Å². The molecule has 92 valence electrons. The van der Waals surface area contributed by atoms with Crippen LogP contribution in [-0.2, 0) is 4.79 Å². The van der Waals surface area contributed by atoms with Crippen molar-refractivity contribution in [3.63, 3.8) is 0 Å². The van der Waals surface area contributed by atoms with Gasteiger partial charge in [-0.15, -0.1) is 0 Å². The summed E-state index contributed by atoms with van der Waals surface area (Å²) in [6.45, 7) is 1.80. The Labute approximate surface area is 98.9 Å². The number of benzene rings is 1. The third-order valence-corrected chi connectivity index (χ3v) is 2.22. The number of carbonyl (C=O) groups is 2. The Morgan fingerprint density at radius 2 is 1.94 bits per heavy atom. The van der Waals surface area contributed by atoms with Crippen LogP contribution in [-0.4, -0.2) is 17.9 Å². The van der Waals surface area contributed by atoms with Gasteiger partial charge in [0.1, 0.15) is 5.75 Å². The first kappa shape index (κ1) is 13.0. The van der Waals surface area contributed by atoms with Gasteiger partial charge in [0.25, 0.3) is 5.91 Å².